The Labute approximate surface area is 142 Å². The van der Waals surface area contributed by atoms with Crippen molar-refractivity contribution in [1.29, 1.82) is 0 Å². The van der Waals surface area contributed by atoms with Crippen LogP contribution in [0.15, 0.2) is 34.9 Å². The van der Waals surface area contributed by atoms with Gasteiger partial charge < -0.3 is 14.4 Å². The van der Waals surface area contributed by atoms with Crippen LogP contribution in [0.3, 0.4) is 0 Å². The number of rotatable bonds is 7. The van der Waals surface area contributed by atoms with E-state index in [4.69, 9.17) is 9.26 Å². The van der Waals surface area contributed by atoms with Crippen molar-refractivity contribution in [3.8, 4) is 0 Å². The van der Waals surface area contributed by atoms with Crippen LogP contribution in [0.25, 0.3) is 0 Å². The average molecular weight is 331 g/mol. The summed E-state index contributed by atoms with van der Waals surface area (Å²) >= 11 is 0. The first-order valence-electron chi connectivity index (χ1n) is 8.48. The van der Waals surface area contributed by atoms with Gasteiger partial charge in [0.15, 0.2) is 5.82 Å². The molecule has 6 nitrogen and oxygen atoms in total. The molecule has 1 aliphatic rings. The van der Waals surface area contributed by atoms with Crippen LogP contribution >= 0.6 is 0 Å². The van der Waals surface area contributed by atoms with Crippen LogP contribution in [0.5, 0.6) is 0 Å². The van der Waals surface area contributed by atoms with E-state index in [2.05, 4.69) is 39.3 Å². The number of aliphatic hydroxyl groups is 1. The molecule has 0 spiro atoms. The molecule has 2 atom stereocenters. The van der Waals surface area contributed by atoms with Crippen molar-refractivity contribution >= 4 is 0 Å². The standard InChI is InChI=1S/C18H25N3O3/c1-23-10-8-17-19-18(24-20-17)12-21-9-7-16(15(11-21)13-22)14-5-3-2-4-6-14/h2-6,15-16,22H,7-13H2,1H3/t15-,16+/m1/s1. The molecule has 1 fully saturated rings. The smallest absolute Gasteiger partial charge is 0.240 e. The van der Waals surface area contributed by atoms with Gasteiger partial charge in [0.2, 0.25) is 5.89 Å². The number of likely N-dealkylation sites (tertiary alicyclic amines) is 1. The molecule has 0 saturated carbocycles. The zero-order valence-corrected chi connectivity index (χ0v) is 14.1. The molecule has 6 heteroatoms. The van der Waals surface area contributed by atoms with E-state index in [1.165, 1.54) is 5.56 Å². The monoisotopic (exact) mass is 331 g/mol. The zero-order chi connectivity index (χ0) is 16.8. The molecule has 24 heavy (non-hydrogen) atoms. The number of methoxy groups -OCH3 is 1. The lowest BCUT2D eigenvalue weighted by Crippen LogP contribution is -2.40. The van der Waals surface area contributed by atoms with E-state index >= 15 is 0 Å². The van der Waals surface area contributed by atoms with Crippen LogP contribution in [-0.4, -0.2) is 53.6 Å². The van der Waals surface area contributed by atoms with Gasteiger partial charge >= 0.3 is 0 Å². The highest BCUT2D eigenvalue weighted by Crippen LogP contribution is 2.33. The first kappa shape index (κ1) is 17.1. The number of hydrogen-bond acceptors (Lipinski definition) is 6. The van der Waals surface area contributed by atoms with Gasteiger partial charge in [0.25, 0.3) is 0 Å². The summed E-state index contributed by atoms with van der Waals surface area (Å²) in [5.41, 5.74) is 1.32. The summed E-state index contributed by atoms with van der Waals surface area (Å²) in [5, 5.41) is 13.8. The third kappa shape index (κ3) is 4.20. The van der Waals surface area contributed by atoms with Gasteiger partial charge in [-0.25, -0.2) is 0 Å². The summed E-state index contributed by atoms with van der Waals surface area (Å²) in [7, 11) is 1.66. The maximum absolute atomic E-state index is 9.82. The minimum atomic E-state index is 0.193. The van der Waals surface area contributed by atoms with Gasteiger partial charge in [0, 0.05) is 32.6 Å². The molecule has 2 heterocycles. The Morgan fingerprint density at radius 1 is 1.33 bits per heavy atom. The van der Waals surface area contributed by atoms with Crippen LogP contribution in [0.4, 0.5) is 0 Å². The van der Waals surface area contributed by atoms with Crippen molar-refractivity contribution in [1.82, 2.24) is 15.0 Å². The highest BCUT2D eigenvalue weighted by molar-refractivity contribution is 5.21. The number of nitrogens with zero attached hydrogens (tertiary/aromatic N) is 3. The van der Waals surface area contributed by atoms with Gasteiger partial charge in [-0.2, -0.15) is 4.98 Å². The van der Waals surface area contributed by atoms with E-state index < -0.39 is 0 Å². The van der Waals surface area contributed by atoms with Gasteiger partial charge in [0.05, 0.1) is 13.2 Å². The predicted molar refractivity (Wildman–Crippen MR) is 89.5 cm³/mol. The predicted octanol–water partition coefficient (Wildman–Crippen LogP) is 1.86. The summed E-state index contributed by atoms with van der Waals surface area (Å²) in [4.78, 5) is 6.69. The molecule has 2 aromatic rings. The van der Waals surface area contributed by atoms with Crippen LogP contribution < -0.4 is 0 Å². The fourth-order valence-electron chi connectivity index (χ4n) is 3.42. The fraction of sp³-hybridized carbons (Fsp3) is 0.556. The van der Waals surface area contributed by atoms with E-state index in [0.717, 1.165) is 19.5 Å². The Kier molecular flexibility index (Phi) is 5.96. The van der Waals surface area contributed by atoms with E-state index in [-0.39, 0.29) is 12.5 Å². The molecule has 1 saturated heterocycles. The van der Waals surface area contributed by atoms with Gasteiger partial charge in [-0.15, -0.1) is 0 Å². The molecule has 1 N–H and O–H groups in total. The van der Waals surface area contributed by atoms with Crippen molar-refractivity contribution in [2.24, 2.45) is 5.92 Å². The Bertz CT molecular complexity index is 617. The van der Waals surface area contributed by atoms with E-state index in [9.17, 15) is 5.11 Å². The van der Waals surface area contributed by atoms with Gasteiger partial charge in [-0.05, 0) is 24.4 Å². The number of aromatic nitrogens is 2. The zero-order valence-electron chi connectivity index (χ0n) is 14.1. The molecule has 0 aliphatic carbocycles. The minimum absolute atomic E-state index is 0.193. The highest BCUT2D eigenvalue weighted by Gasteiger charge is 2.30. The number of benzene rings is 1. The molecule has 1 aromatic carbocycles. The lowest BCUT2D eigenvalue weighted by Gasteiger charge is -2.37. The molecule has 3 rings (SSSR count). The molecule has 0 unspecified atom stereocenters. The fourth-order valence-corrected chi connectivity index (χ4v) is 3.42. The minimum Gasteiger partial charge on any atom is -0.396 e. The quantitative estimate of drug-likeness (QED) is 0.835. The van der Waals surface area contributed by atoms with Gasteiger partial charge in [-0.1, -0.05) is 35.5 Å². The van der Waals surface area contributed by atoms with Crippen LogP contribution in [0.1, 0.15) is 29.6 Å². The summed E-state index contributed by atoms with van der Waals surface area (Å²) < 4.78 is 10.4. The third-order valence-electron chi connectivity index (χ3n) is 4.68. The normalized spacial score (nSPS) is 21.9. The highest BCUT2D eigenvalue weighted by atomic mass is 16.5. The summed E-state index contributed by atoms with van der Waals surface area (Å²) in [6, 6.07) is 10.5. The van der Waals surface area contributed by atoms with Crippen molar-refractivity contribution < 1.29 is 14.4 Å². The number of hydrogen-bond donors (Lipinski definition) is 1. The Morgan fingerprint density at radius 2 is 2.17 bits per heavy atom. The Morgan fingerprint density at radius 3 is 2.92 bits per heavy atom. The van der Waals surface area contributed by atoms with E-state index in [0.29, 0.717) is 37.2 Å². The lowest BCUT2D eigenvalue weighted by atomic mass is 9.81. The second-order valence-electron chi connectivity index (χ2n) is 6.33. The topological polar surface area (TPSA) is 71.6 Å². The summed E-state index contributed by atoms with van der Waals surface area (Å²) in [6.07, 6.45) is 1.69. The molecule has 1 aliphatic heterocycles. The number of piperidine rings is 1. The summed E-state index contributed by atoms with van der Waals surface area (Å²) in [5.74, 6) is 1.96. The number of ether oxygens (including phenoxy) is 1. The van der Waals surface area contributed by atoms with Crippen molar-refractivity contribution in [2.75, 3.05) is 33.4 Å². The lowest BCUT2D eigenvalue weighted by molar-refractivity contribution is 0.0897. The molecule has 0 radical (unpaired) electrons. The van der Waals surface area contributed by atoms with Gasteiger partial charge in [0.1, 0.15) is 0 Å². The molecule has 1 aromatic heterocycles. The van der Waals surface area contributed by atoms with Crippen molar-refractivity contribution in [2.45, 2.75) is 25.3 Å². The van der Waals surface area contributed by atoms with E-state index in [1.54, 1.807) is 7.11 Å². The summed E-state index contributed by atoms with van der Waals surface area (Å²) in [6.45, 7) is 3.22. The molecular formula is C18H25N3O3. The largest absolute Gasteiger partial charge is 0.396 e. The van der Waals surface area contributed by atoms with Crippen LogP contribution in [-0.2, 0) is 17.7 Å². The SMILES string of the molecule is COCCc1noc(CN2CC[C@@H](c3ccccc3)[C@@H](CO)C2)n1. The molecule has 0 amide bonds. The number of aliphatic hydroxyl groups excluding tert-OH is 1. The van der Waals surface area contributed by atoms with Crippen molar-refractivity contribution in [3.05, 3.63) is 47.6 Å². The molecular weight excluding hydrogens is 306 g/mol. The third-order valence-corrected chi connectivity index (χ3v) is 4.68. The second-order valence-corrected chi connectivity index (χ2v) is 6.33. The Balaban J connectivity index is 1.58. The molecule has 0 bridgehead atoms. The Hall–Kier alpha value is -1.76. The van der Waals surface area contributed by atoms with Gasteiger partial charge in [-0.3, -0.25) is 4.90 Å². The maximum atomic E-state index is 9.82. The van der Waals surface area contributed by atoms with Crippen LogP contribution in [0, 0.1) is 5.92 Å². The molecule has 130 valence electrons. The maximum Gasteiger partial charge on any atom is 0.240 e. The van der Waals surface area contributed by atoms with Crippen molar-refractivity contribution in [3.63, 3.8) is 0 Å². The average Bonchev–Trinajstić information content (AvgIpc) is 3.08. The second kappa shape index (κ2) is 8.37. The first-order valence-corrected chi connectivity index (χ1v) is 8.48. The first-order chi connectivity index (χ1) is 11.8. The van der Waals surface area contributed by atoms with Crippen LogP contribution in [0.2, 0.25) is 0 Å². The van der Waals surface area contributed by atoms with E-state index in [1.807, 2.05) is 6.07 Å².